The van der Waals surface area contributed by atoms with Crippen molar-refractivity contribution in [3.8, 4) is 0 Å². The lowest BCUT2D eigenvalue weighted by atomic mass is 10.3. The molecule has 4 aromatic rings. The zero-order valence-corrected chi connectivity index (χ0v) is 13.3. The number of halogens is 1. The maximum absolute atomic E-state index is 12.1. The lowest BCUT2D eigenvalue weighted by molar-refractivity contribution is -0.112. The summed E-state index contributed by atoms with van der Waals surface area (Å²) in [4.78, 5) is 21.3. The van der Waals surface area contributed by atoms with E-state index in [-0.39, 0.29) is 5.91 Å². The Morgan fingerprint density at radius 1 is 1.35 bits per heavy atom. The van der Waals surface area contributed by atoms with Gasteiger partial charge in [-0.25, -0.2) is 14.6 Å². The van der Waals surface area contributed by atoms with Crippen LogP contribution in [0, 0.1) is 0 Å². The molecule has 1 N–H and O–H groups in total. The van der Waals surface area contributed by atoms with E-state index in [9.17, 15) is 4.79 Å². The fraction of sp³-hybridized carbons (Fsp3) is 0. The number of amides is 1. The van der Waals surface area contributed by atoms with Gasteiger partial charge in [0, 0.05) is 17.7 Å². The average molecular weight is 344 g/mol. The van der Waals surface area contributed by atoms with Gasteiger partial charge >= 0.3 is 0 Å². The minimum absolute atomic E-state index is 0.283. The summed E-state index contributed by atoms with van der Waals surface area (Å²) in [5.41, 5.74) is 5.07. The van der Waals surface area contributed by atoms with E-state index in [2.05, 4.69) is 15.4 Å². The molecule has 23 heavy (non-hydrogen) atoms. The smallest absolute Gasteiger partial charge is 0.262 e. The van der Waals surface area contributed by atoms with Gasteiger partial charge in [0.1, 0.15) is 6.33 Å². The highest BCUT2D eigenvalue weighted by Crippen LogP contribution is 2.22. The second kappa shape index (κ2) is 5.53. The van der Waals surface area contributed by atoms with E-state index in [4.69, 9.17) is 11.6 Å². The number of carbonyl (C=O) groups is 1. The number of nitrogens with zero attached hydrogens (tertiary/aromatic N) is 4. The molecule has 4 rings (SSSR count). The molecule has 1 aromatic carbocycles. The summed E-state index contributed by atoms with van der Waals surface area (Å²) >= 11 is 7.57. The van der Waals surface area contributed by atoms with Crippen LogP contribution in [0.1, 0.15) is 5.69 Å². The third-order valence-corrected chi connectivity index (χ3v) is 4.37. The molecule has 0 radical (unpaired) electrons. The number of imidazole rings is 2. The maximum Gasteiger partial charge on any atom is 0.262 e. The first kappa shape index (κ1) is 14.0. The predicted octanol–water partition coefficient (Wildman–Crippen LogP) is 3.18. The standard InChI is InChI=1S/C15H10ClN5OS/c16-14-12(20-7-8-23-15(20)18-14)5-6-13(22)19-21-9-17-10-3-1-2-4-11(10)21/h1-9H,(H,19,22)/b6-5+. The molecule has 0 bridgehead atoms. The first-order valence-corrected chi connectivity index (χ1v) is 8.00. The molecule has 0 atom stereocenters. The van der Waals surface area contributed by atoms with E-state index in [1.807, 2.05) is 40.2 Å². The van der Waals surface area contributed by atoms with E-state index in [0.717, 1.165) is 16.0 Å². The largest absolute Gasteiger partial charge is 0.289 e. The van der Waals surface area contributed by atoms with Gasteiger partial charge in [0.15, 0.2) is 10.1 Å². The van der Waals surface area contributed by atoms with Gasteiger partial charge in [-0.05, 0) is 18.2 Å². The Morgan fingerprint density at radius 3 is 3.13 bits per heavy atom. The molecular formula is C15H10ClN5OS. The molecule has 0 aliphatic carbocycles. The summed E-state index contributed by atoms with van der Waals surface area (Å²) in [6.45, 7) is 0. The zero-order chi connectivity index (χ0) is 15.8. The number of hydrogen-bond acceptors (Lipinski definition) is 4. The molecule has 0 unspecified atom stereocenters. The number of aromatic nitrogens is 4. The Kier molecular flexibility index (Phi) is 3.36. The van der Waals surface area contributed by atoms with Crippen molar-refractivity contribution in [2.75, 3.05) is 5.43 Å². The second-order valence-electron chi connectivity index (χ2n) is 4.76. The third kappa shape index (κ3) is 2.49. The van der Waals surface area contributed by atoms with Gasteiger partial charge in [-0.3, -0.25) is 14.6 Å². The summed E-state index contributed by atoms with van der Waals surface area (Å²) in [6.07, 6.45) is 6.49. The number of rotatable bonds is 3. The number of benzene rings is 1. The van der Waals surface area contributed by atoms with Crippen LogP contribution in [0.15, 0.2) is 48.2 Å². The minimum Gasteiger partial charge on any atom is -0.289 e. The van der Waals surface area contributed by atoms with Crippen LogP contribution in [0.4, 0.5) is 0 Å². The number of carbonyl (C=O) groups excluding carboxylic acids is 1. The molecule has 6 nitrogen and oxygen atoms in total. The van der Waals surface area contributed by atoms with Crippen LogP contribution in [0.3, 0.4) is 0 Å². The molecular weight excluding hydrogens is 334 g/mol. The van der Waals surface area contributed by atoms with Crippen LogP contribution in [-0.4, -0.2) is 25.0 Å². The molecule has 114 valence electrons. The fourth-order valence-corrected chi connectivity index (χ4v) is 3.29. The van der Waals surface area contributed by atoms with Crippen molar-refractivity contribution in [1.82, 2.24) is 19.0 Å². The summed E-state index contributed by atoms with van der Waals surface area (Å²) < 4.78 is 3.42. The van der Waals surface area contributed by atoms with Crippen LogP contribution < -0.4 is 5.43 Å². The maximum atomic E-state index is 12.1. The van der Waals surface area contributed by atoms with Crippen LogP contribution in [-0.2, 0) is 4.79 Å². The number of nitrogens with one attached hydrogen (secondary N) is 1. The molecule has 0 saturated heterocycles. The molecule has 0 aliphatic rings. The normalized spacial score (nSPS) is 11.7. The minimum atomic E-state index is -0.283. The van der Waals surface area contributed by atoms with Crippen molar-refractivity contribution >= 4 is 50.9 Å². The fourth-order valence-electron chi connectivity index (χ4n) is 2.28. The van der Waals surface area contributed by atoms with Crippen molar-refractivity contribution in [2.45, 2.75) is 0 Å². The Morgan fingerprint density at radius 2 is 2.22 bits per heavy atom. The number of para-hydroxylation sites is 2. The van der Waals surface area contributed by atoms with Crippen molar-refractivity contribution in [1.29, 1.82) is 0 Å². The van der Waals surface area contributed by atoms with Crippen molar-refractivity contribution in [2.24, 2.45) is 0 Å². The number of fused-ring (bicyclic) bond motifs is 2. The van der Waals surface area contributed by atoms with Crippen molar-refractivity contribution in [3.63, 3.8) is 0 Å². The van der Waals surface area contributed by atoms with E-state index in [0.29, 0.717) is 10.8 Å². The van der Waals surface area contributed by atoms with Gasteiger partial charge < -0.3 is 0 Å². The lowest BCUT2D eigenvalue weighted by Gasteiger charge is -2.03. The van der Waals surface area contributed by atoms with Crippen LogP contribution >= 0.6 is 22.9 Å². The quantitative estimate of drug-likeness (QED) is 0.581. The molecule has 0 spiro atoms. The van der Waals surface area contributed by atoms with E-state index >= 15 is 0 Å². The molecule has 8 heteroatoms. The van der Waals surface area contributed by atoms with Gasteiger partial charge in [0.05, 0.1) is 16.7 Å². The highest BCUT2D eigenvalue weighted by molar-refractivity contribution is 7.15. The molecule has 0 saturated carbocycles. The molecule has 0 fully saturated rings. The van der Waals surface area contributed by atoms with Crippen LogP contribution in [0.2, 0.25) is 5.15 Å². The van der Waals surface area contributed by atoms with Crippen molar-refractivity contribution < 1.29 is 4.79 Å². The highest BCUT2D eigenvalue weighted by Gasteiger charge is 2.09. The van der Waals surface area contributed by atoms with Gasteiger partial charge in [0.25, 0.3) is 5.91 Å². The molecule has 3 heterocycles. The van der Waals surface area contributed by atoms with Gasteiger partial charge in [0.2, 0.25) is 0 Å². The van der Waals surface area contributed by atoms with Gasteiger partial charge in [-0.2, -0.15) is 0 Å². The van der Waals surface area contributed by atoms with E-state index in [1.54, 1.807) is 17.1 Å². The average Bonchev–Trinajstić information content (AvgIpc) is 3.21. The first-order chi connectivity index (χ1) is 11.2. The monoisotopic (exact) mass is 343 g/mol. The summed E-state index contributed by atoms with van der Waals surface area (Å²) in [7, 11) is 0. The number of hydrogen-bond donors (Lipinski definition) is 1. The van der Waals surface area contributed by atoms with E-state index in [1.165, 1.54) is 17.4 Å². The third-order valence-electron chi connectivity index (χ3n) is 3.33. The van der Waals surface area contributed by atoms with Crippen LogP contribution in [0.5, 0.6) is 0 Å². The predicted molar refractivity (Wildman–Crippen MR) is 91.2 cm³/mol. The van der Waals surface area contributed by atoms with Gasteiger partial charge in [-0.1, -0.05) is 23.7 Å². The Bertz CT molecular complexity index is 1040. The second-order valence-corrected chi connectivity index (χ2v) is 5.99. The molecule has 0 aliphatic heterocycles. The zero-order valence-electron chi connectivity index (χ0n) is 11.7. The Balaban J connectivity index is 1.58. The number of thiazole rings is 1. The first-order valence-electron chi connectivity index (χ1n) is 6.74. The molecule has 3 aromatic heterocycles. The Hall–Kier alpha value is -2.64. The van der Waals surface area contributed by atoms with Crippen molar-refractivity contribution in [3.05, 3.63) is 59.1 Å². The van der Waals surface area contributed by atoms with Crippen LogP contribution in [0.25, 0.3) is 22.1 Å². The summed E-state index contributed by atoms with van der Waals surface area (Å²) in [5, 5.41) is 2.28. The topological polar surface area (TPSA) is 64.2 Å². The lowest BCUT2D eigenvalue weighted by Crippen LogP contribution is -2.19. The SMILES string of the molecule is O=C(/C=C/c1c(Cl)nc2sccn12)Nn1cnc2ccccc21. The van der Waals surface area contributed by atoms with Gasteiger partial charge in [-0.15, -0.1) is 11.3 Å². The summed E-state index contributed by atoms with van der Waals surface area (Å²) in [5.74, 6) is -0.283. The summed E-state index contributed by atoms with van der Waals surface area (Å²) in [6, 6.07) is 7.55. The molecule has 1 amide bonds. The highest BCUT2D eigenvalue weighted by atomic mass is 35.5. The van der Waals surface area contributed by atoms with E-state index < -0.39 is 0 Å². The Labute approximate surface area is 139 Å².